The van der Waals surface area contributed by atoms with Gasteiger partial charge in [-0.15, -0.1) is 11.3 Å². The first-order valence-corrected chi connectivity index (χ1v) is 9.57. The molecule has 0 N–H and O–H groups in total. The van der Waals surface area contributed by atoms with E-state index in [9.17, 15) is 0 Å². The van der Waals surface area contributed by atoms with Crippen LogP contribution in [0.2, 0.25) is 0 Å². The number of hydrogen-bond donors (Lipinski definition) is 0. The van der Waals surface area contributed by atoms with Gasteiger partial charge in [-0.25, -0.2) is 9.99 Å². The molecule has 1 unspecified atom stereocenters. The van der Waals surface area contributed by atoms with Gasteiger partial charge in [0.25, 0.3) is 0 Å². The van der Waals surface area contributed by atoms with E-state index in [1.54, 1.807) is 11.3 Å². The smallest absolute Gasteiger partial charge is 0.206 e. The van der Waals surface area contributed by atoms with Crippen LogP contribution >= 0.6 is 11.3 Å². The van der Waals surface area contributed by atoms with E-state index in [0.717, 1.165) is 17.3 Å². The molecule has 4 heteroatoms. The summed E-state index contributed by atoms with van der Waals surface area (Å²) in [6.07, 6.45) is 2.72. The van der Waals surface area contributed by atoms with Crippen LogP contribution in [0.4, 0.5) is 5.13 Å². The van der Waals surface area contributed by atoms with Crippen molar-refractivity contribution in [1.29, 1.82) is 0 Å². The lowest BCUT2D eigenvalue weighted by Crippen LogP contribution is -2.18. The molecule has 0 saturated carbocycles. The number of hydrazone groups is 1. The van der Waals surface area contributed by atoms with Crippen LogP contribution in [-0.4, -0.2) is 10.7 Å². The third-order valence-electron chi connectivity index (χ3n) is 4.79. The van der Waals surface area contributed by atoms with Crippen molar-refractivity contribution in [1.82, 2.24) is 4.98 Å². The maximum Gasteiger partial charge on any atom is 0.206 e. The number of thiazole rings is 1. The van der Waals surface area contributed by atoms with Crippen molar-refractivity contribution in [2.75, 3.05) is 5.01 Å². The fourth-order valence-corrected chi connectivity index (χ4v) is 4.14. The fraction of sp³-hybridized carbons (Fsp3) is 0.0909. The van der Waals surface area contributed by atoms with Gasteiger partial charge < -0.3 is 0 Å². The van der Waals surface area contributed by atoms with Gasteiger partial charge in [0.15, 0.2) is 0 Å². The molecule has 1 aromatic heterocycles. The first-order chi connectivity index (χ1) is 12.9. The van der Waals surface area contributed by atoms with Gasteiger partial charge in [-0.3, -0.25) is 0 Å². The highest BCUT2D eigenvalue weighted by molar-refractivity contribution is 7.13. The third-order valence-corrected chi connectivity index (χ3v) is 5.55. The molecule has 3 aromatic carbocycles. The number of hydrogen-bond acceptors (Lipinski definition) is 4. The monoisotopic (exact) mass is 355 g/mol. The van der Waals surface area contributed by atoms with Gasteiger partial charge in [-0.05, 0) is 28.0 Å². The molecule has 0 aliphatic carbocycles. The summed E-state index contributed by atoms with van der Waals surface area (Å²) in [5, 5.41) is 12.5. The summed E-state index contributed by atoms with van der Waals surface area (Å²) in [5.74, 6) is 0. The quantitative estimate of drug-likeness (QED) is 0.475. The Morgan fingerprint density at radius 3 is 2.50 bits per heavy atom. The SMILES string of the molecule is c1ccc(C2=NN(c3nccs3)C(c3ccc4ccccc4c3)C2)cc1. The molecule has 0 fully saturated rings. The zero-order valence-corrected chi connectivity index (χ0v) is 14.9. The normalized spacial score (nSPS) is 16.8. The van der Waals surface area contributed by atoms with Gasteiger partial charge in [0, 0.05) is 18.0 Å². The number of aromatic nitrogens is 1. The first-order valence-electron chi connectivity index (χ1n) is 8.69. The summed E-state index contributed by atoms with van der Waals surface area (Å²) in [5.41, 5.74) is 3.56. The highest BCUT2D eigenvalue weighted by Crippen LogP contribution is 2.38. The van der Waals surface area contributed by atoms with Crippen molar-refractivity contribution in [2.45, 2.75) is 12.5 Å². The molecule has 0 saturated heterocycles. The number of benzene rings is 3. The van der Waals surface area contributed by atoms with Crippen molar-refractivity contribution >= 4 is 33.0 Å². The molecule has 2 heterocycles. The van der Waals surface area contributed by atoms with Crippen LogP contribution in [0.5, 0.6) is 0 Å². The van der Waals surface area contributed by atoms with Gasteiger partial charge in [0.2, 0.25) is 5.13 Å². The van der Waals surface area contributed by atoms with Crippen molar-refractivity contribution < 1.29 is 0 Å². The van der Waals surface area contributed by atoms with E-state index >= 15 is 0 Å². The Hall–Kier alpha value is -2.98. The largest absolute Gasteiger partial charge is 0.231 e. The molecular formula is C22H17N3S. The van der Waals surface area contributed by atoms with Crippen LogP contribution in [0.1, 0.15) is 23.6 Å². The Morgan fingerprint density at radius 1 is 0.885 bits per heavy atom. The zero-order valence-electron chi connectivity index (χ0n) is 14.1. The number of fused-ring (bicyclic) bond motifs is 1. The summed E-state index contributed by atoms with van der Waals surface area (Å²) < 4.78 is 0. The number of rotatable bonds is 3. The topological polar surface area (TPSA) is 28.5 Å². The van der Waals surface area contributed by atoms with Gasteiger partial charge in [-0.1, -0.05) is 66.7 Å². The average molecular weight is 355 g/mol. The standard InChI is InChI=1S/C22H17N3S/c1-2-7-17(8-3-1)20-15-21(25(24-20)22-23-12-13-26-22)19-11-10-16-6-4-5-9-18(16)14-19/h1-14,21H,15H2. The van der Waals surface area contributed by atoms with E-state index in [4.69, 9.17) is 5.10 Å². The zero-order chi connectivity index (χ0) is 17.3. The molecule has 1 atom stereocenters. The van der Waals surface area contributed by atoms with Crippen LogP contribution in [0.25, 0.3) is 10.8 Å². The Bertz CT molecular complexity index is 1070. The van der Waals surface area contributed by atoms with Crippen molar-refractivity contribution in [3.63, 3.8) is 0 Å². The molecule has 1 aliphatic heterocycles. The molecule has 1 aliphatic rings. The van der Waals surface area contributed by atoms with E-state index in [2.05, 4.69) is 76.7 Å². The molecular weight excluding hydrogens is 338 g/mol. The lowest BCUT2D eigenvalue weighted by atomic mass is 9.96. The second-order valence-electron chi connectivity index (χ2n) is 6.40. The lowest BCUT2D eigenvalue weighted by molar-refractivity contribution is 0.707. The van der Waals surface area contributed by atoms with E-state index in [-0.39, 0.29) is 6.04 Å². The van der Waals surface area contributed by atoms with E-state index in [1.165, 1.54) is 21.9 Å². The molecule has 26 heavy (non-hydrogen) atoms. The molecule has 0 spiro atoms. The van der Waals surface area contributed by atoms with Crippen molar-refractivity contribution in [3.8, 4) is 0 Å². The summed E-state index contributed by atoms with van der Waals surface area (Å²) >= 11 is 1.63. The van der Waals surface area contributed by atoms with E-state index in [1.807, 2.05) is 17.6 Å². The third kappa shape index (κ3) is 2.68. The highest BCUT2D eigenvalue weighted by Gasteiger charge is 2.31. The van der Waals surface area contributed by atoms with Crippen LogP contribution in [-0.2, 0) is 0 Å². The predicted octanol–water partition coefficient (Wildman–Crippen LogP) is 5.65. The van der Waals surface area contributed by atoms with Crippen LogP contribution in [0.3, 0.4) is 0 Å². The Morgan fingerprint density at radius 2 is 1.69 bits per heavy atom. The molecule has 3 nitrogen and oxygen atoms in total. The molecule has 0 amide bonds. The first kappa shape index (κ1) is 15.3. The van der Waals surface area contributed by atoms with E-state index < -0.39 is 0 Å². The lowest BCUT2D eigenvalue weighted by Gasteiger charge is -2.21. The number of nitrogens with zero attached hydrogens (tertiary/aromatic N) is 3. The highest BCUT2D eigenvalue weighted by atomic mass is 32.1. The average Bonchev–Trinajstić information content (AvgIpc) is 3.38. The minimum Gasteiger partial charge on any atom is -0.231 e. The Balaban J connectivity index is 1.58. The fourth-order valence-electron chi connectivity index (χ4n) is 3.50. The minimum absolute atomic E-state index is 0.168. The van der Waals surface area contributed by atoms with Crippen molar-refractivity contribution in [2.24, 2.45) is 5.10 Å². The summed E-state index contributed by atoms with van der Waals surface area (Å²) in [7, 11) is 0. The minimum atomic E-state index is 0.168. The molecule has 4 aromatic rings. The maximum absolute atomic E-state index is 4.94. The van der Waals surface area contributed by atoms with Gasteiger partial charge in [0.05, 0.1) is 11.8 Å². The van der Waals surface area contributed by atoms with Crippen LogP contribution in [0, 0.1) is 0 Å². The number of anilines is 1. The molecule has 126 valence electrons. The Kier molecular flexibility index (Phi) is 3.76. The van der Waals surface area contributed by atoms with Gasteiger partial charge >= 0.3 is 0 Å². The molecule has 0 radical (unpaired) electrons. The Labute approximate surface area is 156 Å². The van der Waals surface area contributed by atoms with Crippen LogP contribution < -0.4 is 5.01 Å². The summed E-state index contributed by atoms with van der Waals surface area (Å²) in [6.45, 7) is 0. The molecule has 0 bridgehead atoms. The van der Waals surface area contributed by atoms with Crippen LogP contribution in [0.15, 0.2) is 89.5 Å². The second-order valence-corrected chi connectivity index (χ2v) is 7.27. The van der Waals surface area contributed by atoms with Gasteiger partial charge in [0.1, 0.15) is 0 Å². The van der Waals surface area contributed by atoms with Gasteiger partial charge in [-0.2, -0.15) is 5.10 Å². The predicted molar refractivity (Wildman–Crippen MR) is 109 cm³/mol. The maximum atomic E-state index is 4.94. The second kappa shape index (κ2) is 6.39. The van der Waals surface area contributed by atoms with Crippen molar-refractivity contribution in [3.05, 3.63) is 95.5 Å². The van der Waals surface area contributed by atoms with E-state index in [0.29, 0.717) is 0 Å². The summed E-state index contributed by atoms with van der Waals surface area (Å²) in [6, 6.07) is 25.8. The summed E-state index contributed by atoms with van der Waals surface area (Å²) in [4.78, 5) is 4.50. The molecule has 5 rings (SSSR count).